The van der Waals surface area contributed by atoms with Crippen LogP contribution in [0.25, 0.3) is 6.08 Å². The van der Waals surface area contributed by atoms with Crippen molar-refractivity contribution in [3.63, 3.8) is 0 Å². The molecule has 0 aliphatic heterocycles. The Morgan fingerprint density at radius 2 is 2.12 bits per heavy atom. The summed E-state index contributed by atoms with van der Waals surface area (Å²) in [6, 6.07) is 10.4. The van der Waals surface area contributed by atoms with Crippen molar-refractivity contribution in [1.29, 1.82) is 0 Å². The molecule has 7 heteroatoms. The zero-order chi connectivity index (χ0) is 17.4. The number of benzene rings is 1. The van der Waals surface area contributed by atoms with Gasteiger partial charge in [-0.05, 0) is 35.9 Å². The first-order valence-electron chi connectivity index (χ1n) is 6.98. The van der Waals surface area contributed by atoms with Gasteiger partial charge in [-0.15, -0.1) is 0 Å². The van der Waals surface area contributed by atoms with Crippen molar-refractivity contribution in [2.45, 2.75) is 0 Å². The molecule has 124 valence electrons. The number of methoxy groups -OCH3 is 1. The highest BCUT2D eigenvalue weighted by Crippen LogP contribution is 2.17. The van der Waals surface area contributed by atoms with Crippen LogP contribution in [0, 0.1) is 0 Å². The van der Waals surface area contributed by atoms with E-state index in [2.05, 4.69) is 10.3 Å². The standard InChI is InChI=1S/C17H15ClN2O4/c1-23-13-5-2-4-12(10-13)7-8-16(22)24-11-15(21)20-14-6-3-9-19-17(14)18/h2-10H,11H2,1H3,(H,20,21). The van der Waals surface area contributed by atoms with E-state index in [4.69, 9.17) is 21.1 Å². The molecule has 1 amide bonds. The molecule has 0 saturated carbocycles. The van der Waals surface area contributed by atoms with Crippen LogP contribution in [-0.2, 0) is 14.3 Å². The summed E-state index contributed by atoms with van der Waals surface area (Å²) in [6.45, 7) is -0.424. The number of nitrogens with one attached hydrogen (secondary N) is 1. The summed E-state index contributed by atoms with van der Waals surface area (Å²) in [5.41, 5.74) is 1.13. The molecule has 0 saturated heterocycles. The number of esters is 1. The highest BCUT2D eigenvalue weighted by Gasteiger charge is 2.08. The smallest absolute Gasteiger partial charge is 0.331 e. The number of amides is 1. The SMILES string of the molecule is COc1cccc(C=CC(=O)OCC(=O)Nc2cccnc2Cl)c1. The van der Waals surface area contributed by atoms with Crippen LogP contribution in [-0.4, -0.2) is 30.6 Å². The Morgan fingerprint density at radius 3 is 2.88 bits per heavy atom. The zero-order valence-corrected chi connectivity index (χ0v) is 13.6. The van der Waals surface area contributed by atoms with E-state index in [0.717, 1.165) is 5.56 Å². The lowest BCUT2D eigenvalue weighted by Crippen LogP contribution is -2.20. The fraction of sp³-hybridized carbons (Fsp3) is 0.118. The molecule has 0 aliphatic rings. The number of carbonyl (C=O) groups is 2. The van der Waals surface area contributed by atoms with E-state index in [1.807, 2.05) is 6.07 Å². The predicted octanol–water partition coefficient (Wildman–Crippen LogP) is 2.94. The summed E-state index contributed by atoms with van der Waals surface area (Å²) in [5, 5.41) is 2.67. The minimum Gasteiger partial charge on any atom is -0.497 e. The molecule has 24 heavy (non-hydrogen) atoms. The number of anilines is 1. The minimum absolute atomic E-state index is 0.162. The van der Waals surface area contributed by atoms with Crippen molar-refractivity contribution in [3.05, 3.63) is 59.4 Å². The fourth-order valence-electron chi connectivity index (χ4n) is 1.76. The van der Waals surface area contributed by atoms with Crippen molar-refractivity contribution in [1.82, 2.24) is 4.98 Å². The fourth-order valence-corrected chi connectivity index (χ4v) is 1.93. The molecule has 1 N–H and O–H groups in total. The van der Waals surface area contributed by atoms with Crippen molar-refractivity contribution in [2.24, 2.45) is 0 Å². The molecule has 2 rings (SSSR count). The van der Waals surface area contributed by atoms with Gasteiger partial charge in [0.1, 0.15) is 5.75 Å². The van der Waals surface area contributed by atoms with Crippen LogP contribution >= 0.6 is 11.6 Å². The average molecular weight is 347 g/mol. The first kappa shape index (κ1) is 17.5. The van der Waals surface area contributed by atoms with Gasteiger partial charge >= 0.3 is 5.97 Å². The summed E-state index contributed by atoms with van der Waals surface area (Å²) < 4.78 is 9.95. The Kier molecular flexibility index (Phi) is 6.33. The number of ether oxygens (including phenoxy) is 2. The molecule has 0 fully saturated rings. The van der Waals surface area contributed by atoms with E-state index in [9.17, 15) is 9.59 Å². The molecule has 1 aromatic carbocycles. The van der Waals surface area contributed by atoms with Gasteiger partial charge in [0.15, 0.2) is 11.8 Å². The van der Waals surface area contributed by atoms with Crippen LogP contribution in [0.1, 0.15) is 5.56 Å². The van der Waals surface area contributed by atoms with E-state index >= 15 is 0 Å². The highest BCUT2D eigenvalue weighted by molar-refractivity contribution is 6.32. The topological polar surface area (TPSA) is 77.5 Å². The molecular weight excluding hydrogens is 332 g/mol. The molecule has 0 atom stereocenters. The van der Waals surface area contributed by atoms with Crippen molar-refractivity contribution >= 4 is 35.2 Å². The lowest BCUT2D eigenvalue weighted by atomic mass is 10.2. The van der Waals surface area contributed by atoms with Crippen molar-refractivity contribution in [2.75, 3.05) is 19.0 Å². The Morgan fingerprint density at radius 1 is 1.29 bits per heavy atom. The summed E-state index contributed by atoms with van der Waals surface area (Å²) in [5.74, 6) is -0.462. The molecule has 0 unspecified atom stereocenters. The number of aromatic nitrogens is 1. The molecule has 0 bridgehead atoms. The van der Waals surface area contributed by atoms with Gasteiger partial charge in [0, 0.05) is 12.3 Å². The Balaban J connectivity index is 1.83. The lowest BCUT2D eigenvalue weighted by Gasteiger charge is -2.06. The molecule has 0 spiro atoms. The molecule has 0 aliphatic carbocycles. The monoisotopic (exact) mass is 346 g/mol. The van der Waals surface area contributed by atoms with Gasteiger partial charge in [-0.1, -0.05) is 23.7 Å². The third-order valence-corrected chi connectivity index (χ3v) is 3.19. The van der Waals surface area contributed by atoms with Gasteiger partial charge in [0.05, 0.1) is 12.8 Å². The number of hydrogen-bond donors (Lipinski definition) is 1. The summed E-state index contributed by atoms with van der Waals surface area (Å²) in [4.78, 5) is 27.2. The number of hydrogen-bond acceptors (Lipinski definition) is 5. The van der Waals surface area contributed by atoms with E-state index in [-0.39, 0.29) is 5.15 Å². The predicted molar refractivity (Wildman–Crippen MR) is 90.9 cm³/mol. The largest absolute Gasteiger partial charge is 0.497 e. The van der Waals surface area contributed by atoms with Gasteiger partial charge in [-0.3, -0.25) is 4.79 Å². The second-order valence-electron chi connectivity index (χ2n) is 4.61. The van der Waals surface area contributed by atoms with Crippen LogP contribution in [0.3, 0.4) is 0 Å². The van der Waals surface area contributed by atoms with E-state index in [1.165, 1.54) is 12.3 Å². The third kappa shape index (κ3) is 5.40. The number of nitrogens with zero attached hydrogens (tertiary/aromatic N) is 1. The van der Waals surface area contributed by atoms with E-state index in [1.54, 1.807) is 43.5 Å². The first-order valence-corrected chi connectivity index (χ1v) is 7.35. The van der Waals surface area contributed by atoms with Gasteiger partial charge < -0.3 is 14.8 Å². The van der Waals surface area contributed by atoms with E-state index < -0.39 is 18.5 Å². The summed E-state index contributed by atoms with van der Waals surface area (Å²) in [6.07, 6.45) is 4.31. The molecule has 6 nitrogen and oxygen atoms in total. The third-order valence-electron chi connectivity index (χ3n) is 2.88. The first-order chi connectivity index (χ1) is 11.6. The molecule has 1 aromatic heterocycles. The maximum absolute atomic E-state index is 11.7. The number of halogens is 1. The van der Waals surface area contributed by atoms with Gasteiger partial charge in [0.25, 0.3) is 5.91 Å². The van der Waals surface area contributed by atoms with Crippen LogP contribution in [0.2, 0.25) is 5.15 Å². The van der Waals surface area contributed by atoms with Gasteiger partial charge in [-0.25, -0.2) is 9.78 Å². The summed E-state index contributed by atoms with van der Waals surface area (Å²) >= 11 is 5.82. The Hall–Kier alpha value is -2.86. The molecular formula is C17H15ClN2O4. The molecule has 2 aromatic rings. The molecule has 1 heterocycles. The lowest BCUT2D eigenvalue weighted by molar-refractivity contribution is -0.142. The van der Waals surface area contributed by atoms with E-state index in [0.29, 0.717) is 11.4 Å². The molecule has 0 radical (unpaired) electrons. The summed E-state index contributed by atoms with van der Waals surface area (Å²) in [7, 11) is 1.56. The zero-order valence-electron chi connectivity index (χ0n) is 12.9. The van der Waals surface area contributed by atoms with Crippen LogP contribution in [0.5, 0.6) is 5.75 Å². The van der Waals surface area contributed by atoms with Gasteiger partial charge in [0.2, 0.25) is 0 Å². The minimum atomic E-state index is -0.634. The Bertz CT molecular complexity index is 762. The second-order valence-corrected chi connectivity index (χ2v) is 4.97. The van der Waals surface area contributed by atoms with Crippen molar-refractivity contribution < 1.29 is 19.1 Å². The number of pyridine rings is 1. The van der Waals surface area contributed by atoms with Crippen molar-refractivity contribution in [3.8, 4) is 5.75 Å². The maximum atomic E-state index is 11.7. The number of carbonyl (C=O) groups excluding carboxylic acids is 2. The second kappa shape index (κ2) is 8.69. The van der Waals surface area contributed by atoms with Gasteiger partial charge in [-0.2, -0.15) is 0 Å². The normalized spacial score (nSPS) is 10.4. The quantitative estimate of drug-likeness (QED) is 0.494. The van der Waals surface area contributed by atoms with Crippen LogP contribution in [0.15, 0.2) is 48.7 Å². The number of rotatable bonds is 6. The van der Waals surface area contributed by atoms with Crippen LogP contribution < -0.4 is 10.1 Å². The maximum Gasteiger partial charge on any atom is 0.331 e. The van der Waals surface area contributed by atoms with Crippen LogP contribution in [0.4, 0.5) is 5.69 Å². The highest BCUT2D eigenvalue weighted by atomic mass is 35.5. The Labute approximate surface area is 144 Å². The average Bonchev–Trinajstić information content (AvgIpc) is 2.60.